The summed E-state index contributed by atoms with van der Waals surface area (Å²) in [6, 6.07) is 0. The van der Waals surface area contributed by atoms with Crippen molar-refractivity contribution in [3.05, 3.63) is 12.3 Å². The fourth-order valence-electron chi connectivity index (χ4n) is 0.183. The topological polar surface area (TPSA) is 47.6 Å². The molecular formula is C6H8N2O. The van der Waals surface area contributed by atoms with Gasteiger partial charge in [-0.05, 0) is 6.92 Å². The Morgan fingerprint density at radius 1 is 1.89 bits per heavy atom. The Morgan fingerprint density at radius 3 is 3.00 bits per heavy atom. The largest absolute Gasteiger partial charge is 0.385 e. The third kappa shape index (κ3) is 6.57. The molecule has 3 nitrogen and oxygen atoms in total. The van der Waals surface area contributed by atoms with E-state index in [0.29, 0.717) is 5.84 Å². The predicted octanol–water partition coefficient (Wildman–Crippen LogP) is 0.442. The first-order valence-corrected chi connectivity index (χ1v) is 2.34. The fraction of sp³-hybridized carbons (Fsp3) is 0.167. The van der Waals surface area contributed by atoms with Crippen molar-refractivity contribution in [2.24, 2.45) is 10.9 Å². The molecule has 3 heteroatoms. The maximum Gasteiger partial charge on any atom is 0.136 e. The van der Waals surface area contributed by atoms with Crippen molar-refractivity contribution >= 4 is 5.84 Å². The van der Waals surface area contributed by atoms with Gasteiger partial charge in [-0.3, -0.25) is 0 Å². The molecule has 0 saturated carbocycles. The zero-order valence-corrected chi connectivity index (χ0v) is 5.16. The zero-order valence-electron chi connectivity index (χ0n) is 5.16. The van der Waals surface area contributed by atoms with Crippen molar-refractivity contribution in [1.82, 2.24) is 0 Å². The summed E-state index contributed by atoms with van der Waals surface area (Å²) in [7, 11) is 0. The van der Waals surface area contributed by atoms with Gasteiger partial charge in [-0.25, -0.2) is 0 Å². The van der Waals surface area contributed by atoms with Crippen LogP contribution in [0.5, 0.6) is 0 Å². The lowest BCUT2D eigenvalue weighted by molar-refractivity contribution is 0.268. The summed E-state index contributed by atoms with van der Waals surface area (Å²) in [5.74, 6) is 2.58. The van der Waals surface area contributed by atoms with Gasteiger partial charge in [0, 0.05) is 6.08 Å². The first-order chi connectivity index (χ1) is 4.27. The molecule has 0 aromatic carbocycles. The maximum atomic E-state index is 5.11. The molecule has 0 aromatic heterocycles. The second-order valence-electron chi connectivity index (χ2n) is 1.31. The van der Waals surface area contributed by atoms with Gasteiger partial charge in [-0.2, -0.15) is 0 Å². The van der Waals surface area contributed by atoms with E-state index < -0.39 is 0 Å². The van der Waals surface area contributed by atoms with E-state index in [0.717, 1.165) is 0 Å². The Hall–Kier alpha value is -1.43. The molecule has 0 atom stereocenters. The highest BCUT2D eigenvalue weighted by Gasteiger charge is 1.72. The van der Waals surface area contributed by atoms with Crippen LogP contribution in [0, 0.1) is 12.3 Å². The van der Waals surface area contributed by atoms with E-state index >= 15 is 0 Å². The van der Waals surface area contributed by atoms with Gasteiger partial charge in [-0.1, -0.05) is 11.1 Å². The van der Waals surface area contributed by atoms with Gasteiger partial charge in [0.1, 0.15) is 12.1 Å². The maximum absolute atomic E-state index is 5.11. The molecule has 0 saturated heterocycles. The predicted molar refractivity (Wildman–Crippen MR) is 36.4 cm³/mol. The normalized spacial score (nSPS) is 11.3. The minimum absolute atomic E-state index is 0.358. The second kappa shape index (κ2) is 4.72. The minimum Gasteiger partial charge on any atom is -0.385 e. The second-order valence-corrected chi connectivity index (χ2v) is 1.31. The molecule has 9 heavy (non-hydrogen) atoms. The number of terminal acetylenes is 1. The highest BCUT2D eigenvalue weighted by molar-refractivity contribution is 5.76. The van der Waals surface area contributed by atoms with Gasteiger partial charge in [-0.15, -0.1) is 6.42 Å². The summed E-state index contributed by atoms with van der Waals surface area (Å²) >= 11 is 0. The Balaban J connectivity index is 3.44. The molecule has 0 heterocycles. The Morgan fingerprint density at radius 2 is 2.56 bits per heavy atom. The molecule has 0 radical (unpaired) electrons. The molecule has 0 fully saturated rings. The molecular weight excluding hydrogens is 116 g/mol. The summed E-state index contributed by atoms with van der Waals surface area (Å²) in [5.41, 5.74) is 5.11. The lowest BCUT2D eigenvalue weighted by Crippen LogP contribution is -2.04. The van der Waals surface area contributed by atoms with Gasteiger partial charge in [0.25, 0.3) is 0 Å². The van der Waals surface area contributed by atoms with E-state index in [2.05, 4.69) is 15.9 Å². The number of rotatable bonds is 2. The van der Waals surface area contributed by atoms with E-state index in [9.17, 15) is 0 Å². The summed E-state index contributed by atoms with van der Waals surface area (Å²) in [5, 5.41) is 3.37. The highest BCUT2D eigenvalue weighted by Crippen LogP contribution is 1.76. The third-order valence-electron chi connectivity index (χ3n) is 0.422. The SMILES string of the molecule is C#C/C=C\O/N=C(/C)N. The van der Waals surface area contributed by atoms with E-state index in [1.54, 1.807) is 6.92 Å². The smallest absolute Gasteiger partial charge is 0.136 e. The Bertz CT molecular complexity index is 160. The van der Waals surface area contributed by atoms with Crippen molar-refractivity contribution in [3.8, 4) is 12.3 Å². The lowest BCUT2D eigenvalue weighted by Gasteiger charge is -1.86. The third-order valence-corrected chi connectivity index (χ3v) is 0.422. The number of nitrogens with two attached hydrogens (primary N) is 1. The number of amidine groups is 1. The molecule has 0 aromatic rings. The first kappa shape index (κ1) is 7.57. The Kier molecular flexibility index (Phi) is 3.97. The van der Waals surface area contributed by atoms with Crippen molar-refractivity contribution in [2.75, 3.05) is 0 Å². The standard InChI is InChI=1S/C6H8N2O/c1-3-4-5-9-8-6(2)7/h1,4-5H,2H3,(H2,7,8)/b5-4-. The van der Waals surface area contributed by atoms with Crippen LogP contribution in [0.25, 0.3) is 0 Å². The van der Waals surface area contributed by atoms with Crippen LogP contribution in [0.4, 0.5) is 0 Å². The molecule has 0 aliphatic heterocycles. The molecule has 0 aliphatic carbocycles. The molecule has 0 rings (SSSR count). The highest BCUT2D eigenvalue weighted by atomic mass is 16.6. The minimum atomic E-state index is 0.358. The van der Waals surface area contributed by atoms with Crippen LogP contribution < -0.4 is 5.73 Å². The molecule has 0 bridgehead atoms. The fourth-order valence-corrected chi connectivity index (χ4v) is 0.183. The molecule has 48 valence electrons. The van der Waals surface area contributed by atoms with Crippen molar-refractivity contribution in [3.63, 3.8) is 0 Å². The number of oxime groups is 1. The van der Waals surface area contributed by atoms with Gasteiger partial charge < -0.3 is 10.6 Å². The molecule has 0 aliphatic rings. The van der Waals surface area contributed by atoms with Crippen LogP contribution in [0.1, 0.15) is 6.92 Å². The molecule has 0 spiro atoms. The average molecular weight is 124 g/mol. The monoisotopic (exact) mass is 124 g/mol. The lowest BCUT2D eigenvalue weighted by atomic mass is 10.7. The van der Waals surface area contributed by atoms with Crippen LogP contribution in [-0.4, -0.2) is 5.84 Å². The van der Waals surface area contributed by atoms with Crippen molar-refractivity contribution in [1.29, 1.82) is 0 Å². The van der Waals surface area contributed by atoms with Crippen LogP contribution in [0.3, 0.4) is 0 Å². The van der Waals surface area contributed by atoms with Gasteiger partial charge >= 0.3 is 0 Å². The number of allylic oxidation sites excluding steroid dienone is 1. The van der Waals surface area contributed by atoms with Crippen LogP contribution >= 0.6 is 0 Å². The van der Waals surface area contributed by atoms with Crippen molar-refractivity contribution < 1.29 is 4.84 Å². The zero-order chi connectivity index (χ0) is 7.11. The Labute approximate surface area is 54.2 Å². The van der Waals surface area contributed by atoms with Gasteiger partial charge in [0.05, 0.1) is 0 Å². The summed E-state index contributed by atoms with van der Waals surface area (Å²) in [6.45, 7) is 1.61. The van der Waals surface area contributed by atoms with Gasteiger partial charge in [0.15, 0.2) is 0 Å². The van der Waals surface area contributed by atoms with E-state index in [4.69, 9.17) is 12.2 Å². The van der Waals surface area contributed by atoms with Crippen LogP contribution in [-0.2, 0) is 4.84 Å². The van der Waals surface area contributed by atoms with Crippen LogP contribution in [0.15, 0.2) is 17.5 Å². The number of nitrogens with zero attached hydrogens (tertiary/aromatic N) is 1. The van der Waals surface area contributed by atoms with Crippen molar-refractivity contribution in [2.45, 2.75) is 6.92 Å². The van der Waals surface area contributed by atoms with E-state index in [1.807, 2.05) is 0 Å². The summed E-state index contributed by atoms with van der Waals surface area (Å²) in [4.78, 5) is 4.48. The molecule has 0 amide bonds. The molecule has 0 unspecified atom stereocenters. The average Bonchev–Trinajstić information content (AvgIpc) is 1.80. The first-order valence-electron chi connectivity index (χ1n) is 2.34. The molecule has 2 N–H and O–H groups in total. The van der Waals surface area contributed by atoms with Gasteiger partial charge in [0.2, 0.25) is 0 Å². The van der Waals surface area contributed by atoms with E-state index in [1.165, 1.54) is 12.3 Å². The number of hydrogen-bond donors (Lipinski definition) is 1. The van der Waals surface area contributed by atoms with E-state index in [-0.39, 0.29) is 0 Å². The summed E-state index contributed by atoms with van der Waals surface area (Å²) in [6.07, 6.45) is 7.50. The summed E-state index contributed by atoms with van der Waals surface area (Å²) < 4.78 is 0. The van der Waals surface area contributed by atoms with Crippen LogP contribution in [0.2, 0.25) is 0 Å². The quantitative estimate of drug-likeness (QED) is 0.191. The number of hydrogen-bond acceptors (Lipinski definition) is 2.